The Kier molecular flexibility index (Phi) is 20.0. The molecule has 138 valence electrons. The molecule has 0 amide bonds. The molecule has 23 heavy (non-hydrogen) atoms. The van der Waals surface area contributed by atoms with Gasteiger partial charge in [-0.15, -0.1) is 0 Å². The largest absolute Gasteiger partial charge is 0.481 e. The number of rotatable bonds is 13. The second kappa shape index (κ2) is 19.0. The van der Waals surface area contributed by atoms with Gasteiger partial charge in [0.05, 0.1) is 13.0 Å². The summed E-state index contributed by atoms with van der Waals surface area (Å²) < 4.78 is 4.52. The number of carbonyl (C=O) groups is 2. The molecule has 0 fully saturated rings. The van der Waals surface area contributed by atoms with Crippen molar-refractivity contribution in [1.29, 1.82) is 0 Å². The Labute approximate surface area is 143 Å². The normalized spacial score (nSPS) is 11.3. The number of hydrogen-bond donors (Lipinski definition) is 1. The minimum Gasteiger partial charge on any atom is -0.481 e. The van der Waals surface area contributed by atoms with E-state index in [-0.39, 0.29) is 11.9 Å². The van der Waals surface area contributed by atoms with Crippen LogP contribution in [0.2, 0.25) is 0 Å². The van der Waals surface area contributed by atoms with Gasteiger partial charge in [-0.25, -0.2) is 0 Å². The third kappa shape index (κ3) is 18.9. The summed E-state index contributed by atoms with van der Waals surface area (Å²) in [6.45, 7) is 6.29. The molecular weight excluding hydrogens is 292 g/mol. The smallest absolute Gasteiger partial charge is 0.306 e. The summed E-state index contributed by atoms with van der Waals surface area (Å²) in [7, 11) is 1.44. The van der Waals surface area contributed by atoms with Gasteiger partial charge >= 0.3 is 11.9 Å². The lowest BCUT2D eigenvalue weighted by Gasteiger charge is -2.08. The number of aliphatic carboxylic acids is 1. The van der Waals surface area contributed by atoms with E-state index < -0.39 is 5.97 Å². The summed E-state index contributed by atoms with van der Waals surface area (Å²) in [5.74, 6) is -0.822. The molecular formula is C19H38O4. The van der Waals surface area contributed by atoms with Gasteiger partial charge in [-0.3, -0.25) is 9.59 Å². The first-order valence-corrected chi connectivity index (χ1v) is 9.32. The molecule has 0 aliphatic rings. The highest BCUT2D eigenvalue weighted by Crippen LogP contribution is 2.14. The third-order valence-corrected chi connectivity index (χ3v) is 3.96. The van der Waals surface area contributed by atoms with Crippen LogP contribution in [0.3, 0.4) is 0 Å². The zero-order valence-electron chi connectivity index (χ0n) is 15.7. The van der Waals surface area contributed by atoms with Gasteiger partial charge in [0.15, 0.2) is 0 Å². The van der Waals surface area contributed by atoms with Crippen molar-refractivity contribution in [3.05, 3.63) is 0 Å². The van der Waals surface area contributed by atoms with Crippen molar-refractivity contribution in [3.8, 4) is 0 Å². The average molecular weight is 331 g/mol. The highest BCUT2D eigenvalue weighted by Gasteiger charge is 2.13. The molecule has 0 aromatic heterocycles. The van der Waals surface area contributed by atoms with Crippen molar-refractivity contribution in [1.82, 2.24) is 0 Å². The molecule has 1 atom stereocenters. The fourth-order valence-corrected chi connectivity index (χ4v) is 2.29. The molecule has 0 spiro atoms. The van der Waals surface area contributed by atoms with Gasteiger partial charge in [-0.2, -0.15) is 0 Å². The average Bonchev–Trinajstić information content (AvgIpc) is 2.54. The van der Waals surface area contributed by atoms with Crippen LogP contribution in [-0.2, 0) is 14.3 Å². The van der Waals surface area contributed by atoms with E-state index in [1.165, 1.54) is 45.6 Å². The van der Waals surface area contributed by atoms with Crippen LogP contribution in [0.25, 0.3) is 0 Å². The monoisotopic (exact) mass is 330 g/mol. The van der Waals surface area contributed by atoms with Crippen molar-refractivity contribution in [2.75, 3.05) is 7.11 Å². The summed E-state index contributed by atoms with van der Waals surface area (Å²) in [5.41, 5.74) is 0. The number of unbranched alkanes of at least 4 members (excludes halogenated alkanes) is 7. The molecule has 1 unspecified atom stereocenters. The molecule has 0 heterocycles. The minimum atomic E-state index is -0.631. The van der Waals surface area contributed by atoms with E-state index in [1.807, 2.05) is 6.92 Å². The van der Waals surface area contributed by atoms with Crippen LogP contribution in [0.4, 0.5) is 0 Å². The molecule has 4 nitrogen and oxygen atoms in total. The number of carboxylic acids is 1. The first-order chi connectivity index (χ1) is 11.0. The van der Waals surface area contributed by atoms with Crippen LogP contribution in [-0.4, -0.2) is 24.2 Å². The Hall–Kier alpha value is -1.06. The lowest BCUT2D eigenvalue weighted by molar-refractivity contribution is -0.142. The lowest BCUT2D eigenvalue weighted by atomic mass is 9.99. The number of ether oxygens (including phenoxy) is 1. The van der Waals surface area contributed by atoms with E-state index in [4.69, 9.17) is 5.11 Å². The van der Waals surface area contributed by atoms with Crippen LogP contribution in [0.1, 0.15) is 97.8 Å². The maximum Gasteiger partial charge on any atom is 0.306 e. The molecule has 0 aliphatic carbocycles. The van der Waals surface area contributed by atoms with Gasteiger partial charge in [0.2, 0.25) is 0 Å². The predicted octanol–water partition coefficient (Wildman–Crippen LogP) is 5.59. The third-order valence-electron chi connectivity index (χ3n) is 3.96. The van der Waals surface area contributed by atoms with E-state index in [1.54, 1.807) is 0 Å². The lowest BCUT2D eigenvalue weighted by Crippen LogP contribution is -2.12. The van der Waals surface area contributed by atoms with Crippen LogP contribution < -0.4 is 0 Å². The molecule has 0 rings (SSSR count). The van der Waals surface area contributed by atoms with Crippen molar-refractivity contribution in [2.45, 2.75) is 97.8 Å². The second-order valence-corrected chi connectivity index (χ2v) is 6.03. The van der Waals surface area contributed by atoms with E-state index in [0.717, 1.165) is 32.1 Å². The summed E-state index contributed by atoms with van der Waals surface area (Å²) in [6.07, 6.45) is 12.8. The molecule has 0 aromatic rings. The highest BCUT2D eigenvalue weighted by molar-refractivity contribution is 5.69. The Balaban J connectivity index is 0. The second-order valence-electron chi connectivity index (χ2n) is 6.03. The van der Waals surface area contributed by atoms with Crippen LogP contribution >= 0.6 is 0 Å². The number of methoxy groups -OCH3 is 1. The summed E-state index contributed by atoms with van der Waals surface area (Å²) >= 11 is 0. The fraction of sp³-hybridized carbons (Fsp3) is 0.895. The van der Waals surface area contributed by atoms with Gasteiger partial charge in [0, 0.05) is 6.42 Å². The molecule has 0 saturated heterocycles. The van der Waals surface area contributed by atoms with E-state index in [2.05, 4.69) is 18.6 Å². The maximum atomic E-state index is 10.6. The van der Waals surface area contributed by atoms with Crippen molar-refractivity contribution >= 4 is 11.9 Å². The van der Waals surface area contributed by atoms with Crippen LogP contribution in [0.15, 0.2) is 0 Å². The zero-order valence-corrected chi connectivity index (χ0v) is 15.7. The van der Waals surface area contributed by atoms with E-state index >= 15 is 0 Å². The molecule has 1 N–H and O–H groups in total. The number of esters is 1. The molecule has 0 aromatic carbocycles. The summed E-state index contributed by atoms with van der Waals surface area (Å²) in [6, 6.07) is 0. The first kappa shape index (κ1) is 24.2. The molecule has 4 heteroatoms. The topological polar surface area (TPSA) is 63.6 Å². The summed E-state index contributed by atoms with van der Waals surface area (Å²) in [5, 5.41) is 8.73. The SMILES string of the molecule is CCCCCCC(CC)C(=O)O.CCCCCCCC(=O)OC. The quantitative estimate of drug-likeness (QED) is 0.353. The fourth-order valence-electron chi connectivity index (χ4n) is 2.29. The number of hydrogen-bond acceptors (Lipinski definition) is 3. The van der Waals surface area contributed by atoms with Crippen molar-refractivity contribution in [2.24, 2.45) is 5.92 Å². The zero-order chi connectivity index (χ0) is 17.9. The standard InChI is InChI=1S/C10H20O2.C9H18O2/c1-3-5-6-7-8-9(4-2)10(11)12;1-3-4-5-6-7-8-9(10)11-2/h9H,3-8H2,1-2H3,(H,11,12);3-8H2,1-2H3. The Bertz CT molecular complexity index is 277. The van der Waals surface area contributed by atoms with Crippen molar-refractivity contribution in [3.63, 3.8) is 0 Å². The molecule has 0 aliphatic heterocycles. The van der Waals surface area contributed by atoms with Crippen LogP contribution in [0.5, 0.6) is 0 Å². The van der Waals surface area contributed by atoms with Gasteiger partial charge in [0.1, 0.15) is 0 Å². The molecule has 0 saturated carbocycles. The van der Waals surface area contributed by atoms with Gasteiger partial charge in [-0.05, 0) is 19.3 Å². The first-order valence-electron chi connectivity index (χ1n) is 9.32. The number of carboxylic acid groups (broad SMARTS) is 1. The van der Waals surface area contributed by atoms with Crippen LogP contribution in [0, 0.1) is 5.92 Å². The van der Waals surface area contributed by atoms with Gasteiger partial charge in [-0.1, -0.05) is 72.1 Å². The van der Waals surface area contributed by atoms with E-state index in [0.29, 0.717) is 6.42 Å². The molecule has 0 bridgehead atoms. The number of carbonyl (C=O) groups excluding carboxylic acids is 1. The predicted molar refractivity (Wildman–Crippen MR) is 95.6 cm³/mol. The molecule has 0 radical (unpaired) electrons. The Morgan fingerprint density at radius 2 is 1.39 bits per heavy atom. The summed E-state index contributed by atoms with van der Waals surface area (Å²) in [4.78, 5) is 21.2. The Morgan fingerprint density at radius 1 is 0.870 bits per heavy atom. The van der Waals surface area contributed by atoms with E-state index in [9.17, 15) is 9.59 Å². The minimum absolute atomic E-state index is 0.0819. The van der Waals surface area contributed by atoms with Crippen molar-refractivity contribution < 1.29 is 19.4 Å². The Morgan fingerprint density at radius 3 is 1.83 bits per heavy atom. The highest BCUT2D eigenvalue weighted by atomic mass is 16.5. The van der Waals surface area contributed by atoms with Gasteiger partial charge < -0.3 is 9.84 Å². The van der Waals surface area contributed by atoms with Gasteiger partial charge in [0.25, 0.3) is 0 Å². The maximum absolute atomic E-state index is 10.6.